The summed E-state index contributed by atoms with van der Waals surface area (Å²) in [7, 11) is 1.81. The van der Waals surface area contributed by atoms with Gasteiger partial charge in [0.15, 0.2) is 0 Å². The van der Waals surface area contributed by atoms with Gasteiger partial charge in [-0.3, -0.25) is 4.79 Å². The van der Waals surface area contributed by atoms with E-state index in [1.54, 1.807) is 12.1 Å². The summed E-state index contributed by atoms with van der Waals surface area (Å²) in [5.74, 6) is 0.443. The van der Waals surface area contributed by atoms with E-state index in [0.29, 0.717) is 18.9 Å². The summed E-state index contributed by atoms with van der Waals surface area (Å²) in [5, 5.41) is 13.1. The molecular weight excluding hydrogens is 232 g/mol. The third-order valence-electron chi connectivity index (χ3n) is 2.38. The average molecular weight is 246 g/mol. The zero-order chi connectivity index (χ0) is 12.8. The van der Waals surface area contributed by atoms with Crippen LogP contribution >= 0.6 is 0 Å². The molecule has 0 fully saturated rings. The Bertz CT molecular complexity index is 493. The number of benzene rings is 1. The van der Waals surface area contributed by atoms with Crippen molar-refractivity contribution in [1.29, 1.82) is 0 Å². The molecule has 0 aliphatic carbocycles. The maximum Gasteiger partial charge on any atom is 0.247 e. The van der Waals surface area contributed by atoms with Crippen LogP contribution in [0.4, 0.5) is 5.69 Å². The van der Waals surface area contributed by atoms with Crippen molar-refractivity contribution in [3.8, 4) is 11.5 Å². The summed E-state index contributed by atoms with van der Waals surface area (Å²) in [6.07, 6.45) is 1.73. The van der Waals surface area contributed by atoms with Crippen LogP contribution in [0.1, 0.15) is 6.42 Å². The Morgan fingerprint density at radius 1 is 1.33 bits per heavy atom. The van der Waals surface area contributed by atoms with E-state index in [1.807, 2.05) is 19.2 Å². The van der Waals surface area contributed by atoms with E-state index in [-0.39, 0.29) is 5.91 Å². The normalized spacial score (nSPS) is 10.3. The number of carbonyl (C=O) groups excluding carboxylic acids is 1. The first kappa shape index (κ1) is 12.3. The zero-order valence-corrected chi connectivity index (χ0v) is 10.0. The van der Waals surface area contributed by atoms with E-state index in [4.69, 9.17) is 4.42 Å². The van der Waals surface area contributed by atoms with E-state index in [0.717, 1.165) is 11.3 Å². The lowest BCUT2D eigenvalue weighted by Crippen LogP contribution is -2.18. The highest BCUT2D eigenvalue weighted by molar-refractivity contribution is 5.91. The molecule has 0 saturated heterocycles. The largest absolute Gasteiger partial charge is 0.423 e. The van der Waals surface area contributed by atoms with Crippen molar-refractivity contribution < 1.29 is 9.21 Å². The molecule has 2 N–H and O–H groups in total. The molecule has 2 aromatic rings. The summed E-state index contributed by atoms with van der Waals surface area (Å²) in [4.78, 5) is 11.5. The highest BCUT2D eigenvalue weighted by Crippen LogP contribution is 2.18. The lowest BCUT2D eigenvalue weighted by Gasteiger charge is -2.05. The smallest absolute Gasteiger partial charge is 0.247 e. The average Bonchev–Trinajstić information content (AvgIpc) is 2.91. The Labute approximate surface area is 104 Å². The van der Waals surface area contributed by atoms with Gasteiger partial charge in [0.2, 0.25) is 18.2 Å². The van der Waals surface area contributed by atoms with Crippen LogP contribution in [0.3, 0.4) is 0 Å². The SMILES string of the molecule is CNCCC(=O)Nc1ccc(-c2nnco2)cc1. The Kier molecular flexibility index (Phi) is 4.03. The minimum atomic E-state index is -0.0186. The molecule has 1 amide bonds. The molecule has 6 heteroatoms. The second-order valence-corrected chi connectivity index (χ2v) is 3.72. The van der Waals surface area contributed by atoms with E-state index in [9.17, 15) is 4.79 Å². The summed E-state index contributed by atoms with van der Waals surface area (Å²) in [6, 6.07) is 7.25. The Morgan fingerprint density at radius 2 is 2.11 bits per heavy atom. The fraction of sp³-hybridized carbons (Fsp3) is 0.250. The van der Waals surface area contributed by atoms with Crippen molar-refractivity contribution in [2.24, 2.45) is 0 Å². The van der Waals surface area contributed by atoms with Crippen molar-refractivity contribution in [2.45, 2.75) is 6.42 Å². The quantitative estimate of drug-likeness (QED) is 0.830. The van der Waals surface area contributed by atoms with Crippen LogP contribution in [-0.2, 0) is 4.79 Å². The molecule has 94 valence electrons. The van der Waals surface area contributed by atoms with Gasteiger partial charge in [-0.05, 0) is 31.3 Å². The predicted molar refractivity (Wildman–Crippen MR) is 66.9 cm³/mol. The van der Waals surface area contributed by atoms with Crippen LogP contribution in [0.15, 0.2) is 35.1 Å². The summed E-state index contributed by atoms with van der Waals surface area (Å²) in [6.45, 7) is 0.659. The lowest BCUT2D eigenvalue weighted by atomic mass is 10.2. The van der Waals surface area contributed by atoms with E-state index >= 15 is 0 Å². The number of nitrogens with one attached hydrogen (secondary N) is 2. The Morgan fingerprint density at radius 3 is 2.72 bits per heavy atom. The first-order valence-corrected chi connectivity index (χ1v) is 5.60. The summed E-state index contributed by atoms with van der Waals surface area (Å²) in [5.41, 5.74) is 1.57. The molecule has 0 saturated carbocycles. The van der Waals surface area contributed by atoms with Gasteiger partial charge in [0.05, 0.1) is 0 Å². The van der Waals surface area contributed by atoms with Crippen molar-refractivity contribution in [3.63, 3.8) is 0 Å². The molecule has 0 spiro atoms. The fourth-order valence-electron chi connectivity index (χ4n) is 1.46. The topological polar surface area (TPSA) is 80.0 Å². The van der Waals surface area contributed by atoms with Crippen molar-refractivity contribution in [1.82, 2.24) is 15.5 Å². The second kappa shape index (κ2) is 5.92. The van der Waals surface area contributed by atoms with Crippen LogP contribution in [0.25, 0.3) is 11.5 Å². The highest BCUT2D eigenvalue weighted by Gasteiger charge is 2.04. The number of aromatic nitrogens is 2. The first-order valence-electron chi connectivity index (χ1n) is 5.60. The summed E-state index contributed by atoms with van der Waals surface area (Å²) >= 11 is 0. The van der Waals surface area contributed by atoms with Crippen LogP contribution in [0.5, 0.6) is 0 Å². The highest BCUT2D eigenvalue weighted by atomic mass is 16.4. The molecule has 1 aromatic heterocycles. The number of nitrogens with zero attached hydrogens (tertiary/aromatic N) is 2. The minimum Gasteiger partial charge on any atom is -0.423 e. The van der Waals surface area contributed by atoms with E-state index in [1.165, 1.54) is 6.39 Å². The molecule has 0 aliphatic rings. The molecule has 0 unspecified atom stereocenters. The number of carbonyl (C=O) groups is 1. The molecule has 0 radical (unpaired) electrons. The van der Waals surface area contributed by atoms with Gasteiger partial charge in [0.1, 0.15) is 0 Å². The monoisotopic (exact) mass is 246 g/mol. The minimum absolute atomic E-state index is 0.0186. The van der Waals surface area contributed by atoms with Crippen molar-refractivity contribution in [3.05, 3.63) is 30.7 Å². The van der Waals surface area contributed by atoms with Gasteiger partial charge in [0.25, 0.3) is 0 Å². The van der Waals surface area contributed by atoms with Gasteiger partial charge in [-0.1, -0.05) is 0 Å². The number of rotatable bonds is 5. The van der Waals surface area contributed by atoms with Crippen LogP contribution in [-0.4, -0.2) is 29.7 Å². The number of hydrogen-bond acceptors (Lipinski definition) is 5. The number of hydrogen-bond donors (Lipinski definition) is 2. The number of amides is 1. The van der Waals surface area contributed by atoms with Gasteiger partial charge < -0.3 is 15.1 Å². The molecule has 1 heterocycles. The third kappa shape index (κ3) is 3.14. The van der Waals surface area contributed by atoms with E-state index in [2.05, 4.69) is 20.8 Å². The molecule has 18 heavy (non-hydrogen) atoms. The Balaban J connectivity index is 1.98. The van der Waals surface area contributed by atoms with Crippen molar-refractivity contribution >= 4 is 11.6 Å². The van der Waals surface area contributed by atoms with Gasteiger partial charge in [-0.25, -0.2) is 0 Å². The maximum atomic E-state index is 11.5. The number of anilines is 1. The van der Waals surface area contributed by atoms with Gasteiger partial charge >= 0.3 is 0 Å². The Hall–Kier alpha value is -2.21. The lowest BCUT2D eigenvalue weighted by molar-refractivity contribution is -0.116. The fourth-order valence-corrected chi connectivity index (χ4v) is 1.46. The first-order chi connectivity index (χ1) is 8.79. The molecule has 6 nitrogen and oxygen atoms in total. The van der Waals surface area contributed by atoms with Gasteiger partial charge in [-0.2, -0.15) is 0 Å². The molecular formula is C12H14N4O2. The van der Waals surface area contributed by atoms with Gasteiger partial charge in [0, 0.05) is 24.2 Å². The third-order valence-corrected chi connectivity index (χ3v) is 2.38. The molecule has 0 atom stereocenters. The predicted octanol–water partition coefficient (Wildman–Crippen LogP) is 1.28. The molecule has 2 rings (SSSR count). The van der Waals surface area contributed by atoms with Crippen LogP contribution in [0.2, 0.25) is 0 Å². The van der Waals surface area contributed by atoms with Crippen molar-refractivity contribution in [2.75, 3.05) is 18.9 Å². The summed E-state index contributed by atoms with van der Waals surface area (Å²) < 4.78 is 5.08. The zero-order valence-electron chi connectivity index (χ0n) is 10.0. The maximum absolute atomic E-state index is 11.5. The molecule has 0 aliphatic heterocycles. The van der Waals surface area contributed by atoms with Crippen LogP contribution in [0, 0.1) is 0 Å². The second-order valence-electron chi connectivity index (χ2n) is 3.72. The van der Waals surface area contributed by atoms with Gasteiger partial charge in [-0.15, -0.1) is 10.2 Å². The van der Waals surface area contributed by atoms with E-state index < -0.39 is 0 Å². The standard InChI is InChI=1S/C12H14N4O2/c1-13-7-6-11(17)15-10-4-2-9(3-5-10)12-16-14-8-18-12/h2-5,8,13H,6-7H2,1H3,(H,15,17). The molecule has 0 bridgehead atoms. The molecule has 1 aromatic carbocycles. The van der Waals surface area contributed by atoms with Crippen LogP contribution < -0.4 is 10.6 Å².